The van der Waals surface area contributed by atoms with E-state index in [4.69, 9.17) is 23.1 Å². The Labute approximate surface area is 209 Å². The van der Waals surface area contributed by atoms with Gasteiger partial charge in [-0.15, -0.1) is 0 Å². The number of nitrogens with zero attached hydrogens (tertiary/aromatic N) is 2. The summed E-state index contributed by atoms with van der Waals surface area (Å²) in [5.41, 5.74) is 11.4. The Morgan fingerprint density at radius 2 is 1.80 bits per heavy atom. The van der Waals surface area contributed by atoms with Gasteiger partial charge in [0, 0.05) is 12.1 Å². The van der Waals surface area contributed by atoms with Crippen molar-refractivity contribution in [2.45, 2.75) is 63.5 Å². The third-order valence-electron chi connectivity index (χ3n) is 8.25. The lowest BCUT2D eigenvalue weighted by Crippen LogP contribution is -2.63. The van der Waals surface area contributed by atoms with Gasteiger partial charge in [0.25, 0.3) is 5.91 Å². The number of halogens is 2. The first-order valence-corrected chi connectivity index (χ1v) is 12.3. The Balaban J connectivity index is 1.49. The zero-order chi connectivity index (χ0) is 25.6. The van der Waals surface area contributed by atoms with E-state index in [2.05, 4.69) is 10.3 Å². The molecule has 0 spiro atoms. The molecule has 0 aromatic heterocycles. The molecule has 3 aliphatic carbocycles. The number of nitrogens with two attached hydrogens (primary N) is 2. The molecule has 10 heteroatoms. The van der Waals surface area contributed by atoms with Crippen LogP contribution in [0.25, 0.3) is 5.70 Å². The van der Waals surface area contributed by atoms with E-state index in [0.29, 0.717) is 24.4 Å². The Hall–Kier alpha value is -2.65. The first-order chi connectivity index (χ1) is 16.4. The van der Waals surface area contributed by atoms with E-state index in [1.54, 1.807) is 4.90 Å². The molecule has 6 N–H and O–H groups in total. The van der Waals surface area contributed by atoms with Crippen LogP contribution in [-0.2, 0) is 4.79 Å². The summed E-state index contributed by atoms with van der Waals surface area (Å²) in [7, 11) is 0. The topological polar surface area (TPSA) is 134 Å². The smallest absolute Gasteiger partial charge is 0.318 e. The molecule has 35 heavy (non-hydrogen) atoms. The second-order valence-electron chi connectivity index (χ2n) is 10.6. The van der Waals surface area contributed by atoms with E-state index in [-0.39, 0.29) is 39.8 Å². The van der Waals surface area contributed by atoms with Crippen molar-refractivity contribution in [2.75, 3.05) is 19.6 Å². The minimum atomic E-state index is -0.787. The van der Waals surface area contributed by atoms with Crippen LogP contribution in [0.1, 0.15) is 57.9 Å². The fraction of sp³-hybridized carbons (Fsp3) is 0.560. The molecule has 8 nitrogen and oxygen atoms in total. The fourth-order valence-corrected chi connectivity index (χ4v) is 5.96. The summed E-state index contributed by atoms with van der Waals surface area (Å²) < 4.78 is 13.6. The Kier molecular flexibility index (Phi) is 6.61. The summed E-state index contributed by atoms with van der Waals surface area (Å²) in [5, 5.41) is 13.8. The molecule has 0 atom stereocenters. The van der Waals surface area contributed by atoms with Crippen LogP contribution in [0.5, 0.6) is 0 Å². The number of amides is 3. The van der Waals surface area contributed by atoms with E-state index in [1.807, 2.05) is 13.8 Å². The lowest BCUT2D eigenvalue weighted by Gasteiger charge is -2.58. The lowest BCUT2D eigenvalue weighted by atomic mass is 9.52. The maximum atomic E-state index is 13.6. The third kappa shape index (κ3) is 4.76. The Morgan fingerprint density at radius 3 is 2.34 bits per heavy atom. The molecule has 1 aromatic rings. The standard InChI is InChI=1S/C25H33ClFN5O3/c1-23(2,35)24-5-8-25(9-6-24,10-7-24)31-22(34)32-12-11-30-18(14-32)19(21(29)33)20(28)15-3-4-17(27)16(26)13-15/h3-4,13,35H,5-12,14,28H2,1-2H3,(H2,29,33)(H,31,34). The number of nitrogens with one attached hydrogen (secondary N) is 1. The van der Waals surface area contributed by atoms with Crippen LogP contribution in [0.15, 0.2) is 28.8 Å². The van der Waals surface area contributed by atoms with E-state index in [9.17, 15) is 19.1 Å². The van der Waals surface area contributed by atoms with Gasteiger partial charge in [0.2, 0.25) is 0 Å². The number of aliphatic hydroxyl groups is 1. The monoisotopic (exact) mass is 505 g/mol. The second-order valence-corrected chi connectivity index (χ2v) is 11.0. The third-order valence-corrected chi connectivity index (χ3v) is 8.54. The summed E-state index contributed by atoms with van der Waals surface area (Å²) >= 11 is 5.87. The number of primary amides is 1. The molecule has 1 heterocycles. The van der Waals surface area contributed by atoms with Gasteiger partial charge in [0.1, 0.15) is 5.82 Å². The number of aliphatic imine (C=N–C) groups is 1. The number of hydrogen-bond donors (Lipinski definition) is 4. The SMILES string of the molecule is CC(C)(O)C12CCC(NC(=O)N3CCN=C(C(C(N)=O)=C(N)c4ccc(F)c(Cl)c4)C3)(CC1)CC2. The first kappa shape index (κ1) is 25.4. The largest absolute Gasteiger partial charge is 0.398 e. The molecule has 3 amide bonds. The quantitative estimate of drug-likeness (QED) is 0.457. The van der Waals surface area contributed by atoms with E-state index < -0.39 is 17.3 Å². The minimum Gasteiger partial charge on any atom is -0.398 e. The molecule has 3 fully saturated rings. The fourth-order valence-electron chi connectivity index (χ4n) is 5.78. The van der Waals surface area contributed by atoms with Crippen LogP contribution in [0.3, 0.4) is 0 Å². The number of rotatable bonds is 5. The Bertz CT molecular complexity index is 1090. The zero-order valence-electron chi connectivity index (χ0n) is 20.2. The molecule has 5 rings (SSSR count). The summed E-state index contributed by atoms with van der Waals surface area (Å²) in [5.74, 6) is -1.39. The van der Waals surface area contributed by atoms with Crippen LogP contribution in [0.2, 0.25) is 5.02 Å². The maximum Gasteiger partial charge on any atom is 0.318 e. The molecular weight excluding hydrogens is 473 g/mol. The highest BCUT2D eigenvalue weighted by Gasteiger charge is 2.55. The number of benzene rings is 1. The van der Waals surface area contributed by atoms with Gasteiger partial charge in [0.05, 0.1) is 40.7 Å². The van der Waals surface area contributed by atoms with Gasteiger partial charge in [-0.3, -0.25) is 9.79 Å². The zero-order valence-corrected chi connectivity index (χ0v) is 20.9. The van der Waals surface area contributed by atoms with Crippen molar-refractivity contribution in [3.8, 4) is 0 Å². The molecule has 4 aliphatic rings. The molecule has 0 unspecified atom stereocenters. The summed E-state index contributed by atoms with van der Waals surface area (Å²) in [6, 6.07) is 3.67. The summed E-state index contributed by atoms with van der Waals surface area (Å²) in [6.45, 7) is 4.53. The van der Waals surface area contributed by atoms with Crippen LogP contribution in [-0.4, -0.2) is 58.4 Å². The van der Waals surface area contributed by atoms with E-state index in [0.717, 1.165) is 44.6 Å². The highest BCUT2D eigenvalue weighted by atomic mass is 35.5. The molecular formula is C25H33ClFN5O3. The highest BCUT2D eigenvalue weighted by molar-refractivity contribution is 6.31. The minimum absolute atomic E-state index is 0.00590. The molecule has 1 aliphatic heterocycles. The number of carbonyl (C=O) groups excluding carboxylic acids is 2. The van der Waals surface area contributed by atoms with E-state index in [1.165, 1.54) is 12.1 Å². The van der Waals surface area contributed by atoms with Gasteiger partial charge in [-0.2, -0.15) is 0 Å². The van der Waals surface area contributed by atoms with Gasteiger partial charge < -0.3 is 26.8 Å². The molecule has 190 valence electrons. The van der Waals surface area contributed by atoms with Gasteiger partial charge in [-0.25, -0.2) is 9.18 Å². The van der Waals surface area contributed by atoms with Gasteiger partial charge in [0.15, 0.2) is 0 Å². The van der Waals surface area contributed by atoms with Gasteiger partial charge in [-0.1, -0.05) is 11.6 Å². The maximum absolute atomic E-state index is 13.6. The van der Waals surface area contributed by atoms with E-state index >= 15 is 0 Å². The molecule has 2 bridgehead atoms. The van der Waals surface area contributed by atoms with Crippen molar-refractivity contribution in [1.29, 1.82) is 0 Å². The molecule has 3 saturated carbocycles. The van der Waals surface area contributed by atoms with Crippen molar-refractivity contribution in [1.82, 2.24) is 10.2 Å². The summed E-state index contributed by atoms with van der Waals surface area (Å²) in [4.78, 5) is 31.6. The predicted octanol–water partition coefficient (Wildman–Crippen LogP) is 2.96. The van der Waals surface area contributed by atoms with Crippen LogP contribution >= 0.6 is 11.6 Å². The second kappa shape index (κ2) is 9.09. The van der Waals surface area contributed by atoms with Crippen LogP contribution < -0.4 is 16.8 Å². The Morgan fingerprint density at radius 1 is 1.17 bits per heavy atom. The number of hydrogen-bond acceptors (Lipinski definition) is 5. The van der Waals surface area contributed by atoms with Crippen molar-refractivity contribution in [2.24, 2.45) is 21.9 Å². The van der Waals surface area contributed by atoms with Crippen molar-refractivity contribution in [3.63, 3.8) is 0 Å². The molecule has 0 saturated heterocycles. The molecule has 1 aromatic carbocycles. The number of urea groups is 1. The van der Waals surface area contributed by atoms with Crippen LogP contribution in [0.4, 0.5) is 9.18 Å². The highest BCUT2D eigenvalue weighted by Crippen LogP contribution is 2.57. The molecule has 0 radical (unpaired) electrons. The number of carbonyl (C=O) groups is 2. The average molecular weight is 506 g/mol. The predicted molar refractivity (Wildman–Crippen MR) is 133 cm³/mol. The van der Waals surface area contributed by atoms with Crippen molar-refractivity contribution < 1.29 is 19.1 Å². The van der Waals surface area contributed by atoms with Crippen molar-refractivity contribution in [3.05, 3.63) is 40.2 Å². The lowest BCUT2D eigenvalue weighted by molar-refractivity contribution is -0.121. The van der Waals surface area contributed by atoms with Gasteiger partial charge >= 0.3 is 6.03 Å². The van der Waals surface area contributed by atoms with Crippen LogP contribution in [0, 0.1) is 11.2 Å². The average Bonchev–Trinajstić information content (AvgIpc) is 2.81. The van der Waals surface area contributed by atoms with Gasteiger partial charge in [-0.05, 0) is 81.5 Å². The first-order valence-electron chi connectivity index (χ1n) is 11.9. The normalized spacial score (nSPS) is 27.2. The number of fused-ring (bicyclic) bond motifs is 3. The summed E-state index contributed by atoms with van der Waals surface area (Å²) in [6.07, 6.45) is 5.07. The van der Waals surface area contributed by atoms with Crippen molar-refractivity contribution >= 4 is 34.9 Å².